The number of nitrogens with zero attached hydrogens (tertiary/aromatic N) is 2. The van der Waals surface area contributed by atoms with E-state index in [2.05, 4.69) is 15.2 Å². The highest BCUT2D eigenvalue weighted by Crippen LogP contribution is 2.29. The number of hydrogen-bond donors (Lipinski definition) is 2. The number of ether oxygens (including phenoxy) is 1. The monoisotopic (exact) mass is 290 g/mol. The fraction of sp³-hybridized carbons (Fsp3) is 0.400. The number of morpholine rings is 1. The van der Waals surface area contributed by atoms with Crippen LogP contribution in [0.25, 0.3) is 10.9 Å². The van der Waals surface area contributed by atoms with Crippen LogP contribution >= 0.6 is 0 Å². The highest BCUT2D eigenvalue weighted by molar-refractivity contribution is 5.98. The first-order valence-electron chi connectivity index (χ1n) is 7.12. The van der Waals surface area contributed by atoms with Crippen molar-refractivity contribution in [2.45, 2.75) is 0 Å². The molecule has 0 aliphatic carbocycles. The molecular formula is C15H19FN4O. The number of nitrogens with two attached hydrogens (primary N) is 1. The average molecular weight is 290 g/mol. The molecule has 1 fully saturated rings. The van der Waals surface area contributed by atoms with Gasteiger partial charge in [0, 0.05) is 43.4 Å². The van der Waals surface area contributed by atoms with E-state index in [4.69, 9.17) is 10.5 Å². The summed E-state index contributed by atoms with van der Waals surface area (Å²) < 4.78 is 19.4. The molecule has 0 unspecified atom stereocenters. The Morgan fingerprint density at radius 1 is 1.38 bits per heavy atom. The summed E-state index contributed by atoms with van der Waals surface area (Å²) in [7, 11) is 0. The Balaban J connectivity index is 1.74. The molecule has 2 heterocycles. The van der Waals surface area contributed by atoms with Gasteiger partial charge in [-0.25, -0.2) is 4.39 Å². The molecule has 1 aliphatic heterocycles. The van der Waals surface area contributed by atoms with Gasteiger partial charge in [0.05, 0.1) is 24.4 Å². The van der Waals surface area contributed by atoms with E-state index in [1.807, 2.05) is 6.07 Å². The number of aromatic nitrogens is 1. The summed E-state index contributed by atoms with van der Waals surface area (Å²) in [5.41, 5.74) is 7.26. The maximum atomic E-state index is 14.1. The Hall–Kier alpha value is -1.92. The summed E-state index contributed by atoms with van der Waals surface area (Å²) in [5, 5.41) is 3.93. The molecule has 1 saturated heterocycles. The van der Waals surface area contributed by atoms with Gasteiger partial charge >= 0.3 is 0 Å². The molecule has 0 spiro atoms. The normalized spacial score (nSPS) is 16.2. The van der Waals surface area contributed by atoms with Crippen LogP contribution in [-0.4, -0.2) is 49.3 Å². The topological polar surface area (TPSA) is 63.4 Å². The van der Waals surface area contributed by atoms with E-state index < -0.39 is 0 Å². The lowest BCUT2D eigenvalue weighted by atomic mass is 10.1. The predicted octanol–water partition coefficient (Wildman–Crippen LogP) is 1.70. The number of benzene rings is 1. The van der Waals surface area contributed by atoms with Crippen LogP contribution in [0.2, 0.25) is 0 Å². The van der Waals surface area contributed by atoms with Gasteiger partial charge in [0.25, 0.3) is 0 Å². The Morgan fingerprint density at radius 3 is 3.00 bits per heavy atom. The maximum absolute atomic E-state index is 14.1. The first-order valence-corrected chi connectivity index (χ1v) is 7.12. The predicted molar refractivity (Wildman–Crippen MR) is 81.9 cm³/mol. The number of halogens is 1. The van der Waals surface area contributed by atoms with Gasteiger partial charge in [0.15, 0.2) is 5.82 Å². The molecule has 21 heavy (non-hydrogen) atoms. The van der Waals surface area contributed by atoms with Crippen LogP contribution in [0.3, 0.4) is 0 Å². The number of pyridine rings is 1. The molecule has 1 aromatic heterocycles. The Kier molecular flexibility index (Phi) is 4.17. The van der Waals surface area contributed by atoms with E-state index >= 15 is 0 Å². The van der Waals surface area contributed by atoms with Crippen LogP contribution in [0.1, 0.15) is 0 Å². The number of fused-ring (bicyclic) bond motifs is 1. The summed E-state index contributed by atoms with van der Waals surface area (Å²) in [5.74, 6) is -0.360. The summed E-state index contributed by atoms with van der Waals surface area (Å²) in [4.78, 5) is 6.55. The van der Waals surface area contributed by atoms with E-state index in [1.54, 1.807) is 12.3 Å². The van der Waals surface area contributed by atoms with Crippen LogP contribution in [0, 0.1) is 5.82 Å². The molecule has 6 heteroatoms. The zero-order valence-electron chi connectivity index (χ0n) is 11.8. The van der Waals surface area contributed by atoms with Gasteiger partial charge in [-0.15, -0.1) is 0 Å². The molecule has 2 aromatic rings. The Morgan fingerprint density at radius 2 is 2.19 bits per heavy atom. The molecular weight excluding hydrogens is 271 g/mol. The number of anilines is 2. The Bertz CT molecular complexity index is 628. The van der Waals surface area contributed by atoms with Crippen molar-refractivity contribution >= 4 is 22.3 Å². The van der Waals surface area contributed by atoms with Crippen molar-refractivity contribution in [3.8, 4) is 0 Å². The Labute approximate surface area is 122 Å². The van der Waals surface area contributed by atoms with Gasteiger partial charge in [0.2, 0.25) is 0 Å². The molecule has 0 atom stereocenters. The molecule has 0 bridgehead atoms. The van der Waals surface area contributed by atoms with Crippen molar-refractivity contribution in [1.29, 1.82) is 0 Å². The minimum atomic E-state index is -0.360. The van der Waals surface area contributed by atoms with Crippen molar-refractivity contribution in [1.82, 2.24) is 9.88 Å². The van der Waals surface area contributed by atoms with Crippen LogP contribution < -0.4 is 11.1 Å². The SMILES string of the molecule is Nc1cc(F)c(NCCN2CCOCC2)c2ncccc12. The summed E-state index contributed by atoms with van der Waals surface area (Å²) >= 11 is 0. The summed E-state index contributed by atoms with van der Waals surface area (Å²) in [6.45, 7) is 4.88. The molecule has 1 aromatic carbocycles. The third kappa shape index (κ3) is 3.06. The van der Waals surface area contributed by atoms with Crippen molar-refractivity contribution in [2.75, 3.05) is 50.4 Å². The molecule has 3 rings (SSSR count). The molecule has 3 N–H and O–H groups in total. The van der Waals surface area contributed by atoms with E-state index in [1.165, 1.54) is 6.07 Å². The summed E-state index contributed by atoms with van der Waals surface area (Å²) in [6, 6.07) is 5.00. The van der Waals surface area contributed by atoms with Gasteiger partial charge in [-0.3, -0.25) is 9.88 Å². The zero-order chi connectivity index (χ0) is 14.7. The second-order valence-corrected chi connectivity index (χ2v) is 5.10. The molecule has 0 radical (unpaired) electrons. The lowest BCUT2D eigenvalue weighted by molar-refractivity contribution is 0.0398. The van der Waals surface area contributed by atoms with Gasteiger partial charge in [0.1, 0.15) is 0 Å². The summed E-state index contributed by atoms with van der Waals surface area (Å²) in [6.07, 6.45) is 1.65. The molecule has 0 amide bonds. The number of rotatable bonds is 4. The van der Waals surface area contributed by atoms with Gasteiger partial charge in [-0.2, -0.15) is 0 Å². The third-order valence-corrected chi connectivity index (χ3v) is 3.71. The zero-order valence-corrected chi connectivity index (χ0v) is 11.8. The minimum absolute atomic E-state index is 0.360. The highest BCUT2D eigenvalue weighted by atomic mass is 19.1. The smallest absolute Gasteiger partial charge is 0.150 e. The third-order valence-electron chi connectivity index (χ3n) is 3.71. The fourth-order valence-corrected chi connectivity index (χ4v) is 2.57. The number of nitrogens with one attached hydrogen (secondary N) is 1. The quantitative estimate of drug-likeness (QED) is 0.839. The molecule has 0 saturated carbocycles. The molecule has 5 nitrogen and oxygen atoms in total. The van der Waals surface area contributed by atoms with Crippen LogP contribution in [0.4, 0.5) is 15.8 Å². The average Bonchev–Trinajstić information content (AvgIpc) is 2.51. The van der Waals surface area contributed by atoms with E-state index in [0.29, 0.717) is 23.4 Å². The second-order valence-electron chi connectivity index (χ2n) is 5.10. The lowest BCUT2D eigenvalue weighted by Gasteiger charge is -2.26. The van der Waals surface area contributed by atoms with Gasteiger partial charge < -0.3 is 15.8 Å². The van der Waals surface area contributed by atoms with Crippen molar-refractivity contribution in [3.63, 3.8) is 0 Å². The largest absolute Gasteiger partial charge is 0.398 e. The van der Waals surface area contributed by atoms with Gasteiger partial charge in [-0.1, -0.05) is 0 Å². The van der Waals surface area contributed by atoms with Crippen molar-refractivity contribution in [3.05, 3.63) is 30.2 Å². The second kappa shape index (κ2) is 6.24. The molecule has 112 valence electrons. The van der Waals surface area contributed by atoms with Crippen molar-refractivity contribution in [2.24, 2.45) is 0 Å². The fourth-order valence-electron chi connectivity index (χ4n) is 2.57. The number of nitrogen functional groups attached to an aromatic ring is 1. The first-order chi connectivity index (χ1) is 10.3. The lowest BCUT2D eigenvalue weighted by Crippen LogP contribution is -2.39. The van der Waals surface area contributed by atoms with Crippen LogP contribution in [0.5, 0.6) is 0 Å². The molecule has 1 aliphatic rings. The van der Waals surface area contributed by atoms with E-state index in [-0.39, 0.29) is 5.82 Å². The first kappa shape index (κ1) is 14.0. The van der Waals surface area contributed by atoms with Crippen LogP contribution in [0.15, 0.2) is 24.4 Å². The van der Waals surface area contributed by atoms with Crippen molar-refractivity contribution < 1.29 is 9.13 Å². The number of hydrogen-bond acceptors (Lipinski definition) is 5. The standard InChI is InChI=1S/C15H19FN4O/c16-12-10-13(17)11-2-1-3-18-14(11)15(12)19-4-5-20-6-8-21-9-7-20/h1-3,10,19H,4-9,17H2. The highest BCUT2D eigenvalue weighted by Gasteiger charge is 2.13. The van der Waals surface area contributed by atoms with Crippen LogP contribution in [-0.2, 0) is 4.74 Å². The van der Waals surface area contributed by atoms with Gasteiger partial charge in [-0.05, 0) is 18.2 Å². The maximum Gasteiger partial charge on any atom is 0.150 e. The van der Waals surface area contributed by atoms with E-state index in [9.17, 15) is 4.39 Å². The minimum Gasteiger partial charge on any atom is -0.398 e. The van der Waals surface area contributed by atoms with E-state index in [0.717, 1.165) is 38.2 Å².